The number of hydrazone groups is 1. The van der Waals surface area contributed by atoms with Crippen molar-refractivity contribution in [1.82, 2.24) is 10.7 Å². The Morgan fingerprint density at radius 3 is 2.15 bits per heavy atom. The van der Waals surface area contributed by atoms with Gasteiger partial charge in [0, 0.05) is 6.42 Å². The zero-order chi connectivity index (χ0) is 24.3. The smallest absolute Gasteiger partial charge is 0.259 e. The molecule has 6 heteroatoms. The second-order valence-corrected chi connectivity index (χ2v) is 8.49. The van der Waals surface area contributed by atoms with Gasteiger partial charge in [0.05, 0.1) is 12.8 Å². The van der Waals surface area contributed by atoms with E-state index in [1.807, 2.05) is 54.6 Å². The summed E-state index contributed by atoms with van der Waals surface area (Å²) in [5.74, 6) is 0.326. The van der Waals surface area contributed by atoms with Crippen LogP contribution in [0.2, 0.25) is 0 Å². The van der Waals surface area contributed by atoms with E-state index in [1.165, 1.54) is 44.9 Å². The van der Waals surface area contributed by atoms with Crippen LogP contribution in [0, 0.1) is 0 Å². The van der Waals surface area contributed by atoms with E-state index >= 15 is 0 Å². The summed E-state index contributed by atoms with van der Waals surface area (Å²) >= 11 is 0. The molecule has 0 aliphatic rings. The van der Waals surface area contributed by atoms with Crippen molar-refractivity contribution in [2.75, 3.05) is 6.54 Å². The number of hydrogen-bond donors (Lipinski definition) is 2. The first-order valence-corrected chi connectivity index (χ1v) is 12.5. The Morgan fingerprint density at radius 2 is 1.47 bits per heavy atom. The van der Waals surface area contributed by atoms with Crippen molar-refractivity contribution in [1.29, 1.82) is 0 Å². The average molecular weight is 466 g/mol. The summed E-state index contributed by atoms with van der Waals surface area (Å²) in [5.41, 5.74) is 4.38. The molecule has 0 aromatic heterocycles. The standard InChI is InChI=1S/C28H39N3O3/c1-2-3-4-5-6-7-8-9-13-16-27(32)29-22-28(33)31-30-21-24-17-19-26(20-18-24)34-23-25-14-11-10-12-15-25/h10-12,14-15,17-21H,2-9,13,16,22-23H2,1H3,(H,29,32)(H,31,33)/b30-21-. The fourth-order valence-electron chi connectivity index (χ4n) is 3.47. The number of carbonyl (C=O) groups is 2. The molecule has 0 bridgehead atoms. The highest BCUT2D eigenvalue weighted by molar-refractivity contribution is 5.86. The zero-order valence-corrected chi connectivity index (χ0v) is 20.4. The summed E-state index contributed by atoms with van der Waals surface area (Å²) in [6, 6.07) is 17.4. The van der Waals surface area contributed by atoms with Gasteiger partial charge in [-0.2, -0.15) is 5.10 Å². The minimum Gasteiger partial charge on any atom is -0.489 e. The van der Waals surface area contributed by atoms with E-state index in [9.17, 15) is 9.59 Å². The number of amides is 2. The number of ether oxygens (including phenoxy) is 1. The van der Waals surface area contributed by atoms with E-state index < -0.39 is 0 Å². The minimum absolute atomic E-state index is 0.0696. The molecule has 34 heavy (non-hydrogen) atoms. The SMILES string of the molecule is CCCCCCCCCCCC(=O)NCC(=O)N/N=C\c1ccc(OCc2ccccc2)cc1. The third-order valence-corrected chi connectivity index (χ3v) is 5.48. The number of hydrogen-bond acceptors (Lipinski definition) is 4. The Labute approximate surface area is 204 Å². The second kappa shape index (κ2) is 17.3. The fourth-order valence-corrected chi connectivity index (χ4v) is 3.47. The van der Waals surface area contributed by atoms with E-state index in [1.54, 1.807) is 6.21 Å². The van der Waals surface area contributed by atoms with Gasteiger partial charge >= 0.3 is 0 Å². The molecule has 2 N–H and O–H groups in total. The van der Waals surface area contributed by atoms with E-state index in [-0.39, 0.29) is 18.4 Å². The van der Waals surface area contributed by atoms with Gasteiger partial charge in [0.25, 0.3) is 5.91 Å². The Kier molecular flexibility index (Phi) is 13.8. The number of rotatable bonds is 17. The van der Waals surface area contributed by atoms with Crippen LogP contribution in [0.5, 0.6) is 5.75 Å². The first-order chi connectivity index (χ1) is 16.7. The van der Waals surface area contributed by atoms with Gasteiger partial charge in [-0.15, -0.1) is 0 Å². The van der Waals surface area contributed by atoms with E-state index in [0.29, 0.717) is 13.0 Å². The monoisotopic (exact) mass is 465 g/mol. The van der Waals surface area contributed by atoms with Gasteiger partial charge in [-0.1, -0.05) is 88.6 Å². The van der Waals surface area contributed by atoms with Crippen molar-refractivity contribution in [3.8, 4) is 5.75 Å². The van der Waals surface area contributed by atoms with Gasteiger partial charge in [0.15, 0.2) is 0 Å². The number of unbranched alkanes of at least 4 members (excludes halogenated alkanes) is 8. The van der Waals surface area contributed by atoms with Crippen molar-refractivity contribution in [2.24, 2.45) is 5.10 Å². The quantitative estimate of drug-likeness (QED) is 0.177. The molecule has 2 amide bonds. The van der Waals surface area contributed by atoms with E-state index in [2.05, 4.69) is 22.8 Å². The van der Waals surface area contributed by atoms with Crippen molar-refractivity contribution >= 4 is 18.0 Å². The summed E-state index contributed by atoms with van der Waals surface area (Å²) in [7, 11) is 0. The van der Waals surface area contributed by atoms with Gasteiger partial charge in [0.2, 0.25) is 5.91 Å². The van der Waals surface area contributed by atoms with Crippen LogP contribution in [0.4, 0.5) is 0 Å². The molecule has 2 aromatic carbocycles. The van der Waals surface area contributed by atoms with Gasteiger partial charge in [-0.05, 0) is 41.8 Å². The first kappa shape index (κ1) is 27.1. The molecule has 0 spiro atoms. The molecule has 0 unspecified atom stereocenters. The lowest BCUT2D eigenvalue weighted by Crippen LogP contribution is -2.34. The highest BCUT2D eigenvalue weighted by atomic mass is 16.5. The predicted molar refractivity (Wildman–Crippen MR) is 138 cm³/mol. The van der Waals surface area contributed by atoms with Crippen molar-refractivity contribution in [2.45, 2.75) is 77.7 Å². The maximum Gasteiger partial charge on any atom is 0.259 e. The summed E-state index contributed by atoms with van der Waals surface area (Å²) in [4.78, 5) is 23.8. The van der Waals surface area contributed by atoms with Crippen molar-refractivity contribution in [3.05, 3.63) is 65.7 Å². The molecule has 0 saturated carbocycles. The van der Waals surface area contributed by atoms with Crippen LogP contribution in [0.1, 0.15) is 82.3 Å². The molecule has 0 heterocycles. The second-order valence-electron chi connectivity index (χ2n) is 8.49. The summed E-state index contributed by atoms with van der Waals surface area (Å²) < 4.78 is 5.75. The molecule has 2 aromatic rings. The molecule has 6 nitrogen and oxygen atoms in total. The number of nitrogens with zero attached hydrogens (tertiary/aromatic N) is 1. The van der Waals surface area contributed by atoms with E-state index in [4.69, 9.17) is 4.74 Å². The molecular formula is C28H39N3O3. The molecular weight excluding hydrogens is 426 g/mol. The molecule has 2 rings (SSSR count). The average Bonchev–Trinajstić information content (AvgIpc) is 2.86. The number of benzene rings is 2. The molecule has 184 valence electrons. The zero-order valence-electron chi connectivity index (χ0n) is 20.4. The summed E-state index contributed by atoms with van der Waals surface area (Å²) in [6.07, 6.45) is 12.9. The van der Waals surface area contributed by atoms with Gasteiger partial charge < -0.3 is 10.1 Å². The maximum absolute atomic E-state index is 11.9. The Morgan fingerprint density at radius 1 is 0.824 bits per heavy atom. The topological polar surface area (TPSA) is 79.8 Å². The highest BCUT2D eigenvalue weighted by Gasteiger charge is 2.04. The largest absolute Gasteiger partial charge is 0.489 e. The van der Waals surface area contributed by atoms with Crippen LogP contribution < -0.4 is 15.5 Å². The Balaban J connectivity index is 1.52. The Hall–Kier alpha value is -3.15. The first-order valence-electron chi connectivity index (χ1n) is 12.5. The van der Waals surface area contributed by atoms with E-state index in [0.717, 1.165) is 29.7 Å². The third-order valence-electron chi connectivity index (χ3n) is 5.48. The highest BCUT2D eigenvalue weighted by Crippen LogP contribution is 2.13. The lowest BCUT2D eigenvalue weighted by atomic mass is 10.1. The van der Waals surface area contributed by atoms with Crippen LogP contribution in [-0.2, 0) is 16.2 Å². The van der Waals surface area contributed by atoms with Crippen LogP contribution >= 0.6 is 0 Å². The van der Waals surface area contributed by atoms with Gasteiger partial charge in [-0.3, -0.25) is 9.59 Å². The third kappa shape index (κ3) is 12.8. The molecule has 0 aliphatic carbocycles. The van der Waals surface area contributed by atoms with Crippen LogP contribution in [0.3, 0.4) is 0 Å². The van der Waals surface area contributed by atoms with Crippen molar-refractivity contribution in [3.63, 3.8) is 0 Å². The maximum atomic E-state index is 11.9. The van der Waals surface area contributed by atoms with Gasteiger partial charge in [-0.25, -0.2) is 5.43 Å². The van der Waals surface area contributed by atoms with Gasteiger partial charge in [0.1, 0.15) is 12.4 Å². The lowest BCUT2D eigenvalue weighted by molar-refractivity contribution is -0.126. The summed E-state index contributed by atoms with van der Waals surface area (Å²) in [6.45, 7) is 2.67. The normalized spacial score (nSPS) is 10.9. The number of nitrogens with one attached hydrogen (secondary N) is 2. The molecule has 0 radical (unpaired) electrons. The van der Waals surface area contributed by atoms with Crippen molar-refractivity contribution < 1.29 is 14.3 Å². The van der Waals surface area contributed by atoms with Crippen LogP contribution in [-0.4, -0.2) is 24.6 Å². The summed E-state index contributed by atoms with van der Waals surface area (Å²) in [5, 5.41) is 6.60. The minimum atomic E-state index is -0.348. The fraction of sp³-hybridized carbons (Fsp3) is 0.464. The van der Waals surface area contributed by atoms with Crippen LogP contribution in [0.25, 0.3) is 0 Å². The molecule has 0 atom stereocenters. The molecule has 0 aliphatic heterocycles. The molecule has 0 fully saturated rings. The number of carbonyl (C=O) groups excluding carboxylic acids is 2. The lowest BCUT2D eigenvalue weighted by Gasteiger charge is -2.06. The predicted octanol–water partition coefficient (Wildman–Crippen LogP) is 5.75. The molecule has 0 saturated heterocycles. The van der Waals surface area contributed by atoms with Crippen LogP contribution in [0.15, 0.2) is 59.7 Å². The Bertz CT molecular complexity index is 851.